The fraction of sp³-hybridized carbons (Fsp3) is 0.812. The van der Waals surface area contributed by atoms with E-state index in [1.807, 2.05) is 18.7 Å². The third kappa shape index (κ3) is 3.45. The predicted molar refractivity (Wildman–Crippen MR) is 87.3 cm³/mol. The number of aliphatic hydroxyl groups excluding tert-OH is 1. The molecule has 1 aromatic rings. The van der Waals surface area contributed by atoms with Gasteiger partial charge in [-0.3, -0.25) is 9.69 Å². The quantitative estimate of drug-likeness (QED) is 0.835. The van der Waals surface area contributed by atoms with Crippen molar-refractivity contribution < 1.29 is 14.6 Å². The van der Waals surface area contributed by atoms with Gasteiger partial charge in [-0.1, -0.05) is 5.21 Å². The van der Waals surface area contributed by atoms with Crippen molar-refractivity contribution in [1.29, 1.82) is 0 Å². The third-order valence-electron chi connectivity index (χ3n) is 5.10. The molecule has 0 saturated carbocycles. The Hall–Kier alpha value is -1.51. The van der Waals surface area contributed by atoms with Crippen molar-refractivity contribution in [3.63, 3.8) is 0 Å². The lowest BCUT2D eigenvalue weighted by Crippen LogP contribution is -2.60. The van der Waals surface area contributed by atoms with Crippen LogP contribution in [0.4, 0.5) is 0 Å². The van der Waals surface area contributed by atoms with Crippen molar-refractivity contribution in [3.05, 3.63) is 11.9 Å². The van der Waals surface area contributed by atoms with Gasteiger partial charge in [0.1, 0.15) is 5.69 Å². The van der Waals surface area contributed by atoms with Gasteiger partial charge in [-0.2, -0.15) is 0 Å². The van der Waals surface area contributed by atoms with Crippen LogP contribution in [-0.2, 0) is 16.1 Å². The van der Waals surface area contributed by atoms with Crippen molar-refractivity contribution >= 4 is 5.91 Å². The molecule has 3 heterocycles. The fourth-order valence-electron chi connectivity index (χ4n) is 3.56. The van der Waals surface area contributed by atoms with Gasteiger partial charge in [0.25, 0.3) is 0 Å². The third-order valence-corrected chi connectivity index (χ3v) is 5.10. The minimum atomic E-state index is -0.524. The second-order valence-corrected chi connectivity index (χ2v) is 7.05. The second kappa shape index (κ2) is 7.16. The number of morpholine rings is 1. The lowest BCUT2D eigenvalue weighted by molar-refractivity contribution is -0.147. The van der Waals surface area contributed by atoms with Crippen LogP contribution in [0.5, 0.6) is 0 Å². The number of aliphatic hydroxyl groups is 1. The Morgan fingerprint density at radius 2 is 2.12 bits per heavy atom. The van der Waals surface area contributed by atoms with Crippen LogP contribution in [0.15, 0.2) is 6.20 Å². The minimum Gasteiger partial charge on any atom is -0.390 e. The Labute approximate surface area is 142 Å². The maximum Gasteiger partial charge on any atom is 0.242 e. The highest BCUT2D eigenvalue weighted by Gasteiger charge is 2.40. The summed E-state index contributed by atoms with van der Waals surface area (Å²) in [6, 6.07) is 0.121. The molecule has 1 N–H and O–H groups in total. The first-order valence-electron chi connectivity index (χ1n) is 8.66. The van der Waals surface area contributed by atoms with Crippen LogP contribution < -0.4 is 0 Å². The number of carbonyl (C=O) groups is 1. The molecule has 2 fully saturated rings. The van der Waals surface area contributed by atoms with E-state index in [0.717, 1.165) is 32.5 Å². The number of hydrogen-bond acceptors (Lipinski definition) is 6. The van der Waals surface area contributed by atoms with Gasteiger partial charge in [0.15, 0.2) is 0 Å². The van der Waals surface area contributed by atoms with Gasteiger partial charge < -0.3 is 14.7 Å². The monoisotopic (exact) mass is 337 g/mol. The number of aromatic nitrogens is 3. The normalized spacial score (nSPS) is 23.5. The highest BCUT2D eigenvalue weighted by molar-refractivity contribution is 5.85. The first-order valence-corrected chi connectivity index (χ1v) is 8.66. The van der Waals surface area contributed by atoms with Crippen LogP contribution >= 0.6 is 0 Å². The topological polar surface area (TPSA) is 83.7 Å². The first kappa shape index (κ1) is 17.3. The van der Waals surface area contributed by atoms with Crippen LogP contribution in [0, 0.1) is 0 Å². The molecule has 0 aliphatic carbocycles. The molecule has 1 amide bonds. The lowest BCUT2D eigenvalue weighted by Gasteiger charge is -2.44. The van der Waals surface area contributed by atoms with Gasteiger partial charge in [0.05, 0.1) is 37.6 Å². The average molecular weight is 337 g/mol. The number of nitrogens with zero attached hydrogens (tertiary/aromatic N) is 5. The average Bonchev–Trinajstić information content (AvgIpc) is 3.11. The Morgan fingerprint density at radius 3 is 2.79 bits per heavy atom. The highest BCUT2D eigenvalue weighted by Crippen LogP contribution is 2.26. The predicted octanol–water partition coefficient (Wildman–Crippen LogP) is 0.0447. The van der Waals surface area contributed by atoms with E-state index in [9.17, 15) is 4.79 Å². The summed E-state index contributed by atoms with van der Waals surface area (Å²) in [4.78, 5) is 17.3. The summed E-state index contributed by atoms with van der Waals surface area (Å²) in [7, 11) is 0. The molecule has 0 spiro atoms. The van der Waals surface area contributed by atoms with E-state index in [1.54, 1.807) is 10.9 Å². The maximum absolute atomic E-state index is 13.1. The number of piperidine rings is 1. The smallest absolute Gasteiger partial charge is 0.242 e. The van der Waals surface area contributed by atoms with Gasteiger partial charge in [0, 0.05) is 26.2 Å². The Kier molecular flexibility index (Phi) is 5.17. The van der Waals surface area contributed by atoms with E-state index >= 15 is 0 Å². The molecule has 0 aromatic carbocycles. The molecular formula is C16H27N5O3. The number of amides is 1. The summed E-state index contributed by atoms with van der Waals surface area (Å²) in [6.45, 7) is 8.26. The summed E-state index contributed by atoms with van der Waals surface area (Å²) in [5.74, 6) is 0.164. The molecule has 2 saturated heterocycles. The lowest BCUT2D eigenvalue weighted by atomic mass is 9.97. The largest absolute Gasteiger partial charge is 0.390 e. The van der Waals surface area contributed by atoms with E-state index in [1.165, 1.54) is 0 Å². The van der Waals surface area contributed by atoms with E-state index in [4.69, 9.17) is 9.84 Å². The zero-order valence-corrected chi connectivity index (χ0v) is 14.5. The van der Waals surface area contributed by atoms with Crippen LogP contribution in [0.1, 0.15) is 38.4 Å². The Bertz CT molecular complexity index is 568. The van der Waals surface area contributed by atoms with E-state index in [0.29, 0.717) is 25.5 Å². The summed E-state index contributed by atoms with van der Waals surface area (Å²) in [5, 5.41) is 17.2. The van der Waals surface area contributed by atoms with Gasteiger partial charge in [-0.15, -0.1) is 5.10 Å². The van der Waals surface area contributed by atoms with Gasteiger partial charge in [-0.05, 0) is 26.7 Å². The molecule has 8 nitrogen and oxygen atoms in total. The SMILES string of the molecule is CC(C)(C(=O)N1CCCC(n2cc(CO)nn2)C1)N1CCOCC1. The van der Waals surface area contributed by atoms with E-state index in [2.05, 4.69) is 15.2 Å². The fourth-order valence-corrected chi connectivity index (χ4v) is 3.56. The van der Waals surface area contributed by atoms with E-state index in [-0.39, 0.29) is 18.6 Å². The van der Waals surface area contributed by atoms with Crippen molar-refractivity contribution in [1.82, 2.24) is 24.8 Å². The number of likely N-dealkylation sites (tertiary alicyclic amines) is 1. The van der Waals surface area contributed by atoms with Crippen molar-refractivity contribution in [3.8, 4) is 0 Å². The van der Waals surface area contributed by atoms with Crippen molar-refractivity contribution in [2.45, 2.75) is 44.9 Å². The summed E-state index contributed by atoms with van der Waals surface area (Å²) in [6.07, 6.45) is 3.69. The van der Waals surface area contributed by atoms with Gasteiger partial charge in [0.2, 0.25) is 5.91 Å². The number of carbonyl (C=O) groups excluding carboxylic acids is 1. The summed E-state index contributed by atoms with van der Waals surface area (Å²) >= 11 is 0. The molecular weight excluding hydrogens is 310 g/mol. The highest BCUT2D eigenvalue weighted by atomic mass is 16.5. The van der Waals surface area contributed by atoms with Crippen LogP contribution in [0.3, 0.4) is 0 Å². The summed E-state index contributed by atoms with van der Waals surface area (Å²) < 4.78 is 7.19. The van der Waals surface area contributed by atoms with Crippen molar-refractivity contribution in [2.24, 2.45) is 0 Å². The van der Waals surface area contributed by atoms with Gasteiger partial charge >= 0.3 is 0 Å². The van der Waals surface area contributed by atoms with E-state index < -0.39 is 5.54 Å². The molecule has 24 heavy (non-hydrogen) atoms. The molecule has 1 unspecified atom stereocenters. The Morgan fingerprint density at radius 1 is 1.38 bits per heavy atom. The molecule has 2 aliphatic rings. The minimum absolute atomic E-state index is 0.112. The molecule has 0 bridgehead atoms. The zero-order valence-electron chi connectivity index (χ0n) is 14.5. The van der Waals surface area contributed by atoms with Crippen LogP contribution in [0.25, 0.3) is 0 Å². The van der Waals surface area contributed by atoms with Gasteiger partial charge in [-0.25, -0.2) is 4.68 Å². The summed E-state index contributed by atoms with van der Waals surface area (Å²) in [5.41, 5.74) is 0.0386. The number of rotatable bonds is 4. The Balaban J connectivity index is 1.67. The maximum atomic E-state index is 13.1. The number of ether oxygens (including phenoxy) is 1. The standard InChI is InChI=1S/C16H27N5O3/c1-16(2,20-6-8-24-9-7-20)15(23)19-5-3-4-14(11-19)21-10-13(12-22)17-18-21/h10,14,22H,3-9,11-12H2,1-2H3. The van der Waals surface area contributed by atoms with Crippen LogP contribution in [0.2, 0.25) is 0 Å². The molecule has 8 heteroatoms. The second-order valence-electron chi connectivity index (χ2n) is 7.05. The molecule has 134 valence electrons. The first-order chi connectivity index (χ1) is 11.5. The zero-order chi connectivity index (χ0) is 17.2. The van der Waals surface area contributed by atoms with Crippen molar-refractivity contribution in [2.75, 3.05) is 39.4 Å². The molecule has 1 aromatic heterocycles. The molecule has 1 atom stereocenters. The number of hydrogen-bond donors (Lipinski definition) is 1. The molecule has 3 rings (SSSR count). The van der Waals surface area contributed by atoms with Crippen LogP contribution in [-0.4, -0.2) is 80.7 Å². The molecule has 2 aliphatic heterocycles. The molecule has 0 radical (unpaired) electrons.